The van der Waals surface area contributed by atoms with Gasteiger partial charge in [0.1, 0.15) is 12.2 Å². The van der Waals surface area contributed by atoms with E-state index < -0.39 is 23.0 Å². The molecule has 174 valence electrons. The highest BCUT2D eigenvalue weighted by Gasteiger charge is 2.38. The summed E-state index contributed by atoms with van der Waals surface area (Å²) in [6.07, 6.45) is 4.81. The molecule has 33 heavy (non-hydrogen) atoms. The average Bonchev–Trinajstić information content (AvgIpc) is 3.24. The zero-order chi connectivity index (χ0) is 24.2. The van der Waals surface area contributed by atoms with Gasteiger partial charge in [0.05, 0.1) is 10.8 Å². The van der Waals surface area contributed by atoms with Crippen molar-refractivity contribution in [1.29, 1.82) is 0 Å². The molecule has 2 aromatic carbocycles. The Labute approximate surface area is 197 Å². The lowest BCUT2D eigenvalue weighted by Gasteiger charge is -2.32. The molecule has 2 aromatic rings. The summed E-state index contributed by atoms with van der Waals surface area (Å²) in [5.74, 6) is -0.832. The molecule has 0 N–H and O–H groups in total. The minimum Gasteiger partial charge on any atom is -0.456 e. The van der Waals surface area contributed by atoms with E-state index in [-0.39, 0.29) is 17.9 Å². The first-order valence-corrected chi connectivity index (χ1v) is 11.4. The van der Waals surface area contributed by atoms with Crippen molar-refractivity contribution in [3.05, 3.63) is 95.6 Å². The van der Waals surface area contributed by atoms with Crippen molar-refractivity contribution in [2.75, 3.05) is 0 Å². The van der Waals surface area contributed by atoms with E-state index in [9.17, 15) is 9.59 Å². The standard InChI is InChI=1S/C29H34O4/c1-28(2,3)26(30)32-24(20-14-9-7-10-15-20)22-18-13-19-23(22)25(21-16-11-8-12-17-21)33-27(31)29(4,5)6/h7-19,22,24-25H,1-6H3/t22?,24-,25-/m1/s1. The largest absolute Gasteiger partial charge is 0.456 e. The van der Waals surface area contributed by atoms with Gasteiger partial charge in [-0.25, -0.2) is 0 Å². The van der Waals surface area contributed by atoms with E-state index in [1.165, 1.54) is 0 Å². The molecule has 0 spiro atoms. The lowest BCUT2D eigenvalue weighted by atomic mass is 9.85. The Morgan fingerprint density at radius 2 is 1.21 bits per heavy atom. The summed E-state index contributed by atoms with van der Waals surface area (Å²) < 4.78 is 12.2. The maximum absolute atomic E-state index is 12.9. The summed E-state index contributed by atoms with van der Waals surface area (Å²) >= 11 is 0. The monoisotopic (exact) mass is 446 g/mol. The van der Waals surface area contributed by atoms with Crippen LogP contribution in [0.3, 0.4) is 0 Å². The van der Waals surface area contributed by atoms with E-state index in [1.807, 2.05) is 120 Å². The number of hydrogen-bond acceptors (Lipinski definition) is 4. The maximum atomic E-state index is 12.9. The fourth-order valence-electron chi connectivity index (χ4n) is 3.57. The van der Waals surface area contributed by atoms with Crippen molar-refractivity contribution < 1.29 is 19.1 Å². The second-order valence-electron chi connectivity index (χ2n) is 10.5. The van der Waals surface area contributed by atoms with E-state index in [0.717, 1.165) is 16.7 Å². The van der Waals surface area contributed by atoms with E-state index in [0.29, 0.717) is 0 Å². The van der Waals surface area contributed by atoms with Gasteiger partial charge in [0.2, 0.25) is 0 Å². The number of hydrogen-bond donors (Lipinski definition) is 0. The van der Waals surface area contributed by atoms with Crippen molar-refractivity contribution in [2.45, 2.75) is 53.8 Å². The number of carbonyl (C=O) groups is 2. The van der Waals surface area contributed by atoms with E-state index in [4.69, 9.17) is 9.47 Å². The van der Waals surface area contributed by atoms with Crippen molar-refractivity contribution in [3.63, 3.8) is 0 Å². The Morgan fingerprint density at radius 1 is 0.727 bits per heavy atom. The van der Waals surface area contributed by atoms with Crippen LogP contribution in [0, 0.1) is 16.7 Å². The first-order valence-electron chi connectivity index (χ1n) is 11.4. The summed E-state index contributed by atoms with van der Waals surface area (Å²) in [6.45, 7) is 11.1. The second kappa shape index (κ2) is 9.78. The number of ether oxygens (including phenoxy) is 2. The first kappa shape index (κ1) is 24.5. The fraction of sp³-hybridized carbons (Fsp3) is 0.379. The molecule has 4 heteroatoms. The minimum atomic E-state index is -0.646. The smallest absolute Gasteiger partial charge is 0.312 e. The Balaban J connectivity index is 2.02. The number of benzene rings is 2. The van der Waals surface area contributed by atoms with Gasteiger partial charge in [-0.3, -0.25) is 9.59 Å². The van der Waals surface area contributed by atoms with Gasteiger partial charge in [-0.1, -0.05) is 78.9 Å². The molecule has 0 aromatic heterocycles. The molecule has 0 heterocycles. The Kier molecular flexibility index (Phi) is 7.26. The van der Waals surface area contributed by atoms with Crippen molar-refractivity contribution >= 4 is 11.9 Å². The molecule has 3 rings (SSSR count). The summed E-state index contributed by atoms with van der Waals surface area (Å²) in [5.41, 5.74) is 1.37. The highest BCUT2D eigenvalue weighted by atomic mass is 16.6. The normalized spacial score (nSPS) is 17.8. The molecular formula is C29H34O4. The topological polar surface area (TPSA) is 52.6 Å². The fourth-order valence-corrected chi connectivity index (χ4v) is 3.57. The number of rotatable bonds is 6. The molecule has 3 atom stereocenters. The molecule has 1 aliphatic carbocycles. The van der Waals surface area contributed by atoms with Gasteiger partial charge in [0, 0.05) is 5.92 Å². The predicted molar refractivity (Wildman–Crippen MR) is 130 cm³/mol. The van der Waals surface area contributed by atoms with Gasteiger partial charge in [-0.2, -0.15) is 0 Å². The van der Waals surface area contributed by atoms with Crippen molar-refractivity contribution in [3.8, 4) is 0 Å². The minimum absolute atomic E-state index is 0.267. The molecule has 1 aliphatic rings. The van der Waals surface area contributed by atoms with Gasteiger partial charge in [-0.05, 0) is 58.2 Å². The van der Waals surface area contributed by atoms with E-state index >= 15 is 0 Å². The Hall–Kier alpha value is -3.14. The Morgan fingerprint density at radius 3 is 1.73 bits per heavy atom. The van der Waals surface area contributed by atoms with Crippen molar-refractivity contribution in [1.82, 2.24) is 0 Å². The summed E-state index contributed by atoms with van der Waals surface area (Å²) in [6, 6.07) is 19.4. The lowest BCUT2D eigenvalue weighted by molar-refractivity contribution is -0.162. The predicted octanol–water partition coefficient (Wildman–Crippen LogP) is 6.76. The lowest BCUT2D eigenvalue weighted by Crippen LogP contribution is -2.30. The average molecular weight is 447 g/mol. The van der Waals surface area contributed by atoms with Crippen LogP contribution in [0.2, 0.25) is 0 Å². The molecule has 1 unspecified atom stereocenters. The molecular weight excluding hydrogens is 412 g/mol. The highest BCUT2D eigenvalue weighted by molar-refractivity contribution is 5.76. The van der Waals surface area contributed by atoms with Gasteiger partial charge in [-0.15, -0.1) is 0 Å². The Bertz CT molecular complexity index is 1020. The number of esters is 2. The van der Waals surface area contributed by atoms with E-state index in [2.05, 4.69) is 0 Å². The van der Waals surface area contributed by atoms with Crippen molar-refractivity contribution in [2.24, 2.45) is 16.7 Å². The zero-order valence-electron chi connectivity index (χ0n) is 20.4. The second-order valence-corrected chi connectivity index (χ2v) is 10.5. The number of allylic oxidation sites excluding steroid dienone is 2. The third-order valence-electron chi connectivity index (χ3n) is 5.54. The van der Waals surface area contributed by atoms with Gasteiger partial charge in [0.25, 0.3) is 0 Å². The first-order chi connectivity index (χ1) is 15.5. The molecule has 0 aliphatic heterocycles. The summed E-state index contributed by atoms with van der Waals surface area (Å²) in [5, 5.41) is 0. The third kappa shape index (κ3) is 6.01. The molecule has 0 saturated heterocycles. The molecule has 0 radical (unpaired) electrons. The molecule has 0 saturated carbocycles. The van der Waals surface area contributed by atoms with Crippen LogP contribution in [-0.4, -0.2) is 11.9 Å². The molecule has 0 amide bonds. The van der Waals surface area contributed by atoms with Gasteiger partial charge in [0.15, 0.2) is 0 Å². The van der Waals surface area contributed by atoms with Crippen LogP contribution in [0.5, 0.6) is 0 Å². The summed E-state index contributed by atoms with van der Waals surface area (Å²) in [7, 11) is 0. The molecule has 4 nitrogen and oxygen atoms in total. The quantitative estimate of drug-likeness (QED) is 0.460. The van der Waals surface area contributed by atoms with Crippen LogP contribution in [0.4, 0.5) is 0 Å². The van der Waals surface area contributed by atoms with Gasteiger partial charge < -0.3 is 9.47 Å². The molecule has 0 fully saturated rings. The third-order valence-corrected chi connectivity index (χ3v) is 5.54. The van der Waals surface area contributed by atoms with Crippen LogP contribution >= 0.6 is 0 Å². The summed E-state index contributed by atoms with van der Waals surface area (Å²) in [4.78, 5) is 25.8. The van der Waals surface area contributed by atoms with E-state index in [1.54, 1.807) is 0 Å². The van der Waals surface area contributed by atoms with Crippen LogP contribution in [0.25, 0.3) is 0 Å². The molecule has 0 bridgehead atoms. The van der Waals surface area contributed by atoms with Gasteiger partial charge >= 0.3 is 11.9 Å². The zero-order valence-corrected chi connectivity index (χ0v) is 20.4. The SMILES string of the molecule is CC(C)(C)C(=O)O[C@H](c1ccccc1)C1C=CC=C1[C@H](OC(=O)C(C)(C)C)c1ccccc1. The maximum Gasteiger partial charge on any atom is 0.312 e. The number of carbonyl (C=O) groups excluding carboxylic acids is 2. The van der Waals surface area contributed by atoms with Crippen LogP contribution < -0.4 is 0 Å². The highest BCUT2D eigenvalue weighted by Crippen LogP contribution is 2.44. The van der Waals surface area contributed by atoms with Crippen LogP contribution in [0.1, 0.15) is 64.9 Å². The van der Waals surface area contributed by atoms with Crippen LogP contribution in [-0.2, 0) is 19.1 Å². The van der Waals surface area contributed by atoms with Crippen LogP contribution in [0.15, 0.2) is 84.5 Å².